The van der Waals surface area contributed by atoms with Crippen molar-refractivity contribution in [3.8, 4) is 0 Å². The van der Waals surface area contributed by atoms with Crippen LogP contribution in [0.25, 0.3) is 11.0 Å². The van der Waals surface area contributed by atoms with Crippen molar-refractivity contribution >= 4 is 34.2 Å². The molecule has 0 radical (unpaired) electrons. The van der Waals surface area contributed by atoms with Crippen molar-refractivity contribution in [2.45, 2.75) is 37.2 Å². The number of fused-ring (bicyclic) bond motifs is 1. The highest BCUT2D eigenvalue weighted by atomic mass is 35.5. The van der Waals surface area contributed by atoms with Gasteiger partial charge in [-0.15, -0.1) is 11.6 Å². The van der Waals surface area contributed by atoms with Gasteiger partial charge in [-0.05, 0) is 24.1 Å². The number of hydrogen-bond acceptors (Lipinski definition) is 6. The van der Waals surface area contributed by atoms with E-state index < -0.39 is 30.3 Å². The summed E-state index contributed by atoms with van der Waals surface area (Å²) in [7, 11) is 0. The summed E-state index contributed by atoms with van der Waals surface area (Å²) in [6.07, 6.45) is 0.910. The minimum atomic E-state index is -1.10. The van der Waals surface area contributed by atoms with Gasteiger partial charge in [-0.1, -0.05) is 23.7 Å². The number of aryl methyl sites for hydroxylation is 1. The first-order chi connectivity index (χ1) is 13.5. The minimum absolute atomic E-state index is 0.345. The van der Waals surface area contributed by atoms with E-state index in [2.05, 4.69) is 15.1 Å². The summed E-state index contributed by atoms with van der Waals surface area (Å²) >= 11 is 11.7. The van der Waals surface area contributed by atoms with Crippen molar-refractivity contribution in [1.82, 2.24) is 19.7 Å². The van der Waals surface area contributed by atoms with Crippen LogP contribution < -0.4 is 0 Å². The molecular formula is C19H20Cl2N4O3. The Morgan fingerprint density at radius 2 is 1.89 bits per heavy atom. The Kier molecular flexibility index (Phi) is 5.53. The van der Waals surface area contributed by atoms with Gasteiger partial charge in [0.2, 0.25) is 0 Å². The molecule has 4 rings (SSSR count). The number of benzene rings is 1. The normalized spacial score (nSPS) is 26.0. The van der Waals surface area contributed by atoms with Crippen molar-refractivity contribution in [3.63, 3.8) is 0 Å². The Morgan fingerprint density at radius 1 is 1.14 bits per heavy atom. The van der Waals surface area contributed by atoms with Crippen molar-refractivity contribution in [1.29, 1.82) is 0 Å². The molecule has 1 saturated carbocycles. The zero-order valence-electron chi connectivity index (χ0n) is 14.9. The Labute approximate surface area is 171 Å². The molecule has 3 N–H and O–H groups in total. The Hall–Kier alpha value is -1.77. The number of halogens is 2. The van der Waals surface area contributed by atoms with Gasteiger partial charge in [-0.3, -0.25) is 0 Å². The zero-order valence-corrected chi connectivity index (χ0v) is 16.4. The van der Waals surface area contributed by atoms with E-state index in [4.69, 9.17) is 23.2 Å². The van der Waals surface area contributed by atoms with Gasteiger partial charge in [0, 0.05) is 23.2 Å². The van der Waals surface area contributed by atoms with Crippen LogP contribution in [0.3, 0.4) is 0 Å². The van der Waals surface area contributed by atoms with Crippen molar-refractivity contribution in [3.05, 3.63) is 53.1 Å². The topological polar surface area (TPSA) is 104 Å². The Bertz CT molecular complexity index is 965. The van der Waals surface area contributed by atoms with E-state index in [1.54, 1.807) is 35.1 Å². The fraction of sp³-hybridized carbons (Fsp3) is 0.421. The smallest absolute Gasteiger partial charge is 0.161 e. The summed E-state index contributed by atoms with van der Waals surface area (Å²) in [4.78, 5) is 8.55. The van der Waals surface area contributed by atoms with Gasteiger partial charge in [0.25, 0.3) is 0 Å². The molecule has 1 aliphatic carbocycles. The van der Waals surface area contributed by atoms with Gasteiger partial charge in [0.05, 0.1) is 35.5 Å². The summed E-state index contributed by atoms with van der Waals surface area (Å²) in [5, 5.41) is 37.7. The lowest BCUT2D eigenvalue weighted by molar-refractivity contribution is -0.0271. The minimum Gasteiger partial charge on any atom is -0.390 e. The van der Waals surface area contributed by atoms with Crippen LogP contribution in [0.2, 0.25) is 5.02 Å². The Morgan fingerprint density at radius 3 is 2.61 bits per heavy atom. The first-order valence-electron chi connectivity index (χ1n) is 9.04. The summed E-state index contributed by atoms with van der Waals surface area (Å²) in [6.45, 7) is 0. The van der Waals surface area contributed by atoms with E-state index in [1.165, 1.54) is 6.33 Å². The van der Waals surface area contributed by atoms with Crippen LogP contribution in [0.5, 0.6) is 0 Å². The maximum absolute atomic E-state index is 10.8. The molecule has 7 nitrogen and oxygen atoms in total. The molecule has 0 spiro atoms. The molecule has 0 aliphatic heterocycles. The molecule has 2 heterocycles. The summed E-state index contributed by atoms with van der Waals surface area (Å²) in [5.41, 5.74) is 2.00. The largest absolute Gasteiger partial charge is 0.390 e. The highest BCUT2D eigenvalue weighted by Gasteiger charge is 2.46. The summed E-state index contributed by atoms with van der Waals surface area (Å²) in [5.74, 6) is -0.123. The van der Waals surface area contributed by atoms with E-state index >= 15 is 0 Å². The van der Waals surface area contributed by atoms with Gasteiger partial charge in [-0.2, -0.15) is 5.10 Å². The number of aliphatic hydroxyl groups excluding tert-OH is 3. The highest BCUT2D eigenvalue weighted by molar-refractivity contribution is 6.30. The third-order valence-corrected chi connectivity index (χ3v) is 5.87. The molecule has 0 amide bonds. The van der Waals surface area contributed by atoms with Gasteiger partial charge in [-0.25, -0.2) is 14.6 Å². The molecule has 3 aromatic rings. The third-order valence-electron chi connectivity index (χ3n) is 5.43. The van der Waals surface area contributed by atoms with Crippen molar-refractivity contribution < 1.29 is 15.3 Å². The first kappa shape index (κ1) is 19.5. The van der Waals surface area contributed by atoms with E-state index in [1.807, 2.05) is 0 Å². The lowest BCUT2D eigenvalue weighted by atomic mass is 9.92. The molecule has 0 bridgehead atoms. The Balaban J connectivity index is 1.64. The van der Waals surface area contributed by atoms with E-state index in [0.29, 0.717) is 35.0 Å². The second-order valence-electron chi connectivity index (χ2n) is 7.03. The van der Waals surface area contributed by atoms with Crippen LogP contribution in [-0.2, 0) is 6.42 Å². The van der Waals surface area contributed by atoms with Crippen molar-refractivity contribution in [2.24, 2.45) is 5.92 Å². The molecule has 28 heavy (non-hydrogen) atoms. The first-order valence-corrected chi connectivity index (χ1v) is 9.95. The molecule has 2 aromatic heterocycles. The van der Waals surface area contributed by atoms with E-state index in [9.17, 15) is 15.3 Å². The average Bonchev–Trinajstić information content (AvgIpc) is 3.25. The molecule has 1 aliphatic rings. The SMILES string of the molecule is OC(c1ccc(Cl)cc1)[C@H]1C[C@@H](n2ncc3c(CCCl)ncnc32)[C@H](O)[C@@H]1O. The molecule has 1 fully saturated rings. The lowest BCUT2D eigenvalue weighted by Crippen LogP contribution is -2.31. The number of aliphatic hydroxyl groups is 3. The standard InChI is InChI=1S/C19H20Cl2N4O3/c20-6-5-14-13-8-24-25(19(13)23-9-22-14)15-7-12(17(27)18(15)28)16(26)10-1-3-11(21)4-2-10/h1-4,8-9,12,15-18,26-28H,5-7H2/t12-,15-,16?,17-,18+/m1/s1. The van der Waals surface area contributed by atoms with E-state index in [0.717, 1.165) is 11.1 Å². The fourth-order valence-electron chi connectivity index (χ4n) is 3.95. The zero-order chi connectivity index (χ0) is 19.8. The maximum Gasteiger partial charge on any atom is 0.161 e. The van der Waals surface area contributed by atoms with Crippen LogP contribution >= 0.6 is 23.2 Å². The van der Waals surface area contributed by atoms with Crippen LogP contribution in [0, 0.1) is 5.92 Å². The summed E-state index contributed by atoms with van der Waals surface area (Å²) in [6, 6.07) is 6.29. The second-order valence-corrected chi connectivity index (χ2v) is 7.84. The van der Waals surface area contributed by atoms with Gasteiger partial charge in [0.1, 0.15) is 12.4 Å². The number of nitrogens with zero attached hydrogens (tertiary/aromatic N) is 4. The highest BCUT2D eigenvalue weighted by Crippen LogP contribution is 2.42. The number of aromatic nitrogens is 4. The van der Waals surface area contributed by atoms with Crippen LogP contribution in [0.1, 0.15) is 29.8 Å². The molecule has 148 valence electrons. The fourth-order valence-corrected chi connectivity index (χ4v) is 4.25. The van der Waals surface area contributed by atoms with E-state index in [-0.39, 0.29) is 0 Å². The summed E-state index contributed by atoms with van der Waals surface area (Å²) < 4.78 is 1.61. The predicted octanol–water partition coefficient (Wildman–Crippen LogP) is 2.28. The number of rotatable bonds is 5. The third kappa shape index (κ3) is 3.38. The van der Waals surface area contributed by atoms with Gasteiger partial charge >= 0.3 is 0 Å². The number of alkyl halides is 1. The predicted molar refractivity (Wildman–Crippen MR) is 105 cm³/mol. The van der Waals surface area contributed by atoms with Gasteiger partial charge in [0.15, 0.2) is 5.65 Å². The van der Waals surface area contributed by atoms with Crippen LogP contribution in [0.15, 0.2) is 36.8 Å². The lowest BCUT2D eigenvalue weighted by Gasteiger charge is -2.22. The molecule has 0 saturated heterocycles. The van der Waals surface area contributed by atoms with Gasteiger partial charge < -0.3 is 15.3 Å². The second kappa shape index (κ2) is 7.93. The van der Waals surface area contributed by atoms with Crippen molar-refractivity contribution in [2.75, 3.05) is 5.88 Å². The molecule has 1 aromatic carbocycles. The molecule has 9 heteroatoms. The number of hydrogen-bond donors (Lipinski definition) is 3. The maximum atomic E-state index is 10.8. The van der Waals surface area contributed by atoms with Crippen LogP contribution in [0.4, 0.5) is 0 Å². The average molecular weight is 423 g/mol. The van der Waals surface area contributed by atoms with Crippen LogP contribution in [-0.4, -0.2) is 53.2 Å². The monoisotopic (exact) mass is 422 g/mol. The quantitative estimate of drug-likeness (QED) is 0.544. The molecule has 5 atom stereocenters. The molecule has 1 unspecified atom stereocenters. The molecular weight excluding hydrogens is 403 g/mol.